The van der Waals surface area contributed by atoms with Crippen LogP contribution in [0, 0.1) is 13.8 Å². The normalized spacial score (nSPS) is 17.2. The second-order valence-corrected chi connectivity index (χ2v) is 8.92. The summed E-state index contributed by atoms with van der Waals surface area (Å²) in [4.78, 5) is 28.1. The van der Waals surface area contributed by atoms with E-state index in [4.69, 9.17) is 9.47 Å². The van der Waals surface area contributed by atoms with E-state index in [0.29, 0.717) is 28.3 Å². The zero-order chi connectivity index (χ0) is 25.3. The van der Waals surface area contributed by atoms with Gasteiger partial charge in [0.2, 0.25) is 0 Å². The number of rotatable bonds is 6. The Morgan fingerprint density at radius 1 is 0.914 bits per heavy atom. The minimum atomic E-state index is -0.808. The van der Waals surface area contributed by atoms with Crippen molar-refractivity contribution in [2.45, 2.75) is 39.8 Å². The molecule has 0 saturated carbocycles. The van der Waals surface area contributed by atoms with Crippen molar-refractivity contribution >= 4 is 23.1 Å². The molecule has 1 amide bonds. The van der Waals surface area contributed by atoms with Crippen LogP contribution in [0.3, 0.4) is 0 Å². The van der Waals surface area contributed by atoms with Gasteiger partial charge >= 0.3 is 0 Å². The van der Waals surface area contributed by atoms with Gasteiger partial charge < -0.3 is 14.6 Å². The number of benzene rings is 3. The molecule has 1 unspecified atom stereocenters. The van der Waals surface area contributed by atoms with Gasteiger partial charge in [-0.2, -0.15) is 0 Å². The van der Waals surface area contributed by atoms with Crippen LogP contribution in [0.1, 0.15) is 42.1 Å². The van der Waals surface area contributed by atoms with E-state index in [1.54, 1.807) is 55.6 Å². The summed E-state index contributed by atoms with van der Waals surface area (Å²) in [5.41, 5.74) is 3.54. The van der Waals surface area contributed by atoms with Crippen LogP contribution >= 0.6 is 0 Å². The zero-order valence-corrected chi connectivity index (χ0v) is 20.5. The van der Waals surface area contributed by atoms with Crippen LogP contribution in [0.5, 0.6) is 11.5 Å². The number of hydrogen-bond donors (Lipinski definition) is 1. The number of aliphatic hydroxyl groups excluding tert-OH is 1. The quantitative estimate of drug-likeness (QED) is 0.282. The lowest BCUT2D eigenvalue weighted by Crippen LogP contribution is -2.29. The number of carbonyl (C=O) groups excluding carboxylic acids is 2. The standard InChI is InChI=1S/C29H29NO5/c1-17(2)35-23-14-10-21(11-15-23)30-26(20-8-12-22(34-5)13-9-20)25(28(32)29(30)33)27(31)24-16-18(3)6-7-19(24)4/h6-17,26,31H,1-5H3/b27-25+. The Morgan fingerprint density at radius 2 is 1.54 bits per heavy atom. The van der Waals surface area contributed by atoms with Crippen LogP contribution in [-0.4, -0.2) is 30.0 Å². The molecule has 35 heavy (non-hydrogen) atoms. The van der Waals surface area contributed by atoms with Crippen LogP contribution in [0.2, 0.25) is 0 Å². The van der Waals surface area contributed by atoms with Crippen molar-refractivity contribution < 1.29 is 24.2 Å². The molecule has 0 aliphatic carbocycles. The Kier molecular flexibility index (Phi) is 6.65. The number of aliphatic hydroxyl groups is 1. The van der Waals surface area contributed by atoms with Gasteiger partial charge in [-0.05, 0) is 81.3 Å². The van der Waals surface area contributed by atoms with E-state index in [1.807, 2.05) is 45.9 Å². The third-order valence-corrected chi connectivity index (χ3v) is 6.01. The third-order valence-electron chi connectivity index (χ3n) is 6.01. The molecule has 0 aromatic heterocycles. The van der Waals surface area contributed by atoms with Crippen molar-refractivity contribution in [3.05, 3.63) is 94.6 Å². The first-order valence-electron chi connectivity index (χ1n) is 11.5. The Bertz CT molecular complexity index is 1290. The Morgan fingerprint density at radius 3 is 2.14 bits per heavy atom. The summed E-state index contributed by atoms with van der Waals surface area (Å²) in [6, 6.07) is 19.0. The molecule has 6 nitrogen and oxygen atoms in total. The lowest BCUT2D eigenvalue weighted by Gasteiger charge is -2.26. The maximum absolute atomic E-state index is 13.4. The van der Waals surface area contributed by atoms with Crippen molar-refractivity contribution in [3.8, 4) is 11.5 Å². The number of nitrogens with zero attached hydrogens (tertiary/aromatic N) is 1. The molecule has 0 bridgehead atoms. The molecule has 0 spiro atoms. The molecule has 6 heteroatoms. The molecule has 1 N–H and O–H groups in total. The number of carbonyl (C=O) groups is 2. The summed E-state index contributed by atoms with van der Waals surface area (Å²) in [6.45, 7) is 7.64. The Labute approximate surface area is 205 Å². The van der Waals surface area contributed by atoms with Gasteiger partial charge in [-0.25, -0.2) is 0 Å². The van der Waals surface area contributed by atoms with E-state index < -0.39 is 17.7 Å². The molecular formula is C29H29NO5. The van der Waals surface area contributed by atoms with Crippen LogP contribution < -0.4 is 14.4 Å². The van der Waals surface area contributed by atoms with Gasteiger partial charge in [-0.15, -0.1) is 0 Å². The molecule has 0 radical (unpaired) electrons. The predicted octanol–water partition coefficient (Wildman–Crippen LogP) is 5.73. The molecule has 3 aromatic rings. The first-order valence-corrected chi connectivity index (χ1v) is 11.5. The van der Waals surface area contributed by atoms with Gasteiger partial charge in [-0.1, -0.05) is 29.8 Å². The minimum absolute atomic E-state index is 0.00643. The molecule has 1 heterocycles. The van der Waals surface area contributed by atoms with Crippen LogP contribution in [0.4, 0.5) is 5.69 Å². The molecule has 1 aliphatic heterocycles. The molecule has 1 fully saturated rings. The maximum Gasteiger partial charge on any atom is 0.300 e. The summed E-state index contributed by atoms with van der Waals surface area (Å²) in [7, 11) is 1.57. The smallest absolute Gasteiger partial charge is 0.300 e. The summed E-state index contributed by atoms with van der Waals surface area (Å²) >= 11 is 0. The first-order chi connectivity index (χ1) is 16.7. The first kappa shape index (κ1) is 24.1. The highest BCUT2D eigenvalue weighted by Crippen LogP contribution is 2.43. The lowest BCUT2D eigenvalue weighted by atomic mass is 9.93. The highest BCUT2D eigenvalue weighted by molar-refractivity contribution is 6.51. The maximum atomic E-state index is 13.4. The van der Waals surface area contributed by atoms with Gasteiger partial charge in [-0.3, -0.25) is 14.5 Å². The zero-order valence-electron chi connectivity index (χ0n) is 20.5. The number of ketones is 1. The van der Waals surface area contributed by atoms with Crippen LogP contribution in [0.25, 0.3) is 5.76 Å². The average molecular weight is 472 g/mol. The summed E-state index contributed by atoms with van der Waals surface area (Å²) in [5.74, 6) is -0.304. The number of hydrogen-bond acceptors (Lipinski definition) is 5. The Balaban J connectivity index is 1.89. The topological polar surface area (TPSA) is 76.1 Å². The van der Waals surface area contributed by atoms with Gasteiger partial charge in [0.1, 0.15) is 17.3 Å². The fourth-order valence-electron chi connectivity index (χ4n) is 4.29. The number of methoxy groups -OCH3 is 1. The predicted molar refractivity (Wildman–Crippen MR) is 136 cm³/mol. The van der Waals surface area contributed by atoms with Crippen molar-refractivity contribution in [3.63, 3.8) is 0 Å². The van der Waals surface area contributed by atoms with Crippen molar-refractivity contribution in [1.82, 2.24) is 0 Å². The van der Waals surface area contributed by atoms with E-state index in [0.717, 1.165) is 11.1 Å². The average Bonchev–Trinajstić information content (AvgIpc) is 3.11. The molecule has 3 aromatic carbocycles. The number of aryl methyl sites for hydroxylation is 2. The van der Waals surface area contributed by atoms with Gasteiger partial charge in [0.05, 0.1) is 24.8 Å². The fraction of sp³-hybridized carbons (Fsp3) is 0.241. The Hall–Kier alpha value is -4.06. The van der Waals surface area contributed by atoms with Gasteiger partial charge in [0, 0.05) is 11.3 Å². The van der Waals surface area contributed by atoms with E-state index in [-0.39, 0.29) is 17.4 Å². The van der Waals surface area contributed by atoms with Gasteiger partial charge in [0.15, 0.2) is 0 Å². The molecule has 4 rings (SSSR count). The van der Waals surface area contributed by atoms with Crippen molar-refractivity contribution in [1.29, 1.82) is 0 Å². The number of anilines is 1. The van der Waals surface area contributed by atoms with E-state index in [2.05, 4.69) is 0 Å². The molecular weight excluding hydrogens is 442 g/mol. The summed E-state index contributed by atoms with van der Waals surface area (Å²) in [5, 5.41) is 11.4. The molecule has 1 saturated heterocycles. The monoisotopic (exact) mass is 471 g/mol. The minimum Gasteiger partial charge on any atom is -0.507 e. The second kappa shape index (κ2) is 9.66. The third kappa shape index (κ3) is 4.64. The molecule has 1 atom stereocenters. The second-order valence-electron chi connectivity index (χ2n) is 8.92. The SMILES string of the molecule is COc1ccc(C2/C(=C(\O)c3cc(C)ccc3C)C(=O)C(=O)N2c2ccc(OC(C)C)cc2)cc1. The fourth-order valence-corrected chi connectivity index (χ4v) is 4.29. The summed E-state index contributed by atoms with van der Waals surface area (Å²) < 4.78 is 11.0. The van der Waals surface area contributed by atoms with E-state index in [9.17, 15) is 14.7 Å². The lowest BCUT2D eigenvalue weighted by molar-refractivity contribution is -0.132. The highest BCUT2D eigenvalue weighted by Gasteiger charge is 2.47. The van der Waals surface area contributed by atoms with Gasteiger partial charge in [0.25, 0.3) is 11.7 Å². The highest BCUT2D eigenvalue weighted by atomic mass is 16.5. The van der Waals surface area contributed by atoms with Crippen molar-refractivity contribution in [2.24, 2.45) is 0 Å². The molecule has 180 valence electrons. The number of amides is 1. The van der Waals surface area contributed by atoms with E-state index in [1.165, 1.54) is 4.90 Å². The largest absolute Gasteiger partial charge is 0.507 e. The van der Waals surface area contributed by atoms with Crippen LogP contribution in [0.15, 0.2) is 72.3 Å². The van der Waals surface area contributed by atoms with Crippen LogP contribution in [-0.2, 0) is 9.59 Å². The summed E-state index contributed by atoms with van der Waals surface area (Å²) in [6.07, 6.45) is 0.00643. The molecule has 1 aliphatic rings. The van der Waals surface area contributed by atoms with E-state index >= 15 is 0 Å². The number of ether oxygens (including phenoxy) is 2. The van der Waals surface area contributed by atoms with Crippen molar-refractivity contribution in [2.75, 3.05) is 12.0 Å². The number of Topliss-reactive ketones (excluding diaryl/α,β-unsaturated/α-hetero) is 1.